The lowest BCUT2D eigenvalue weighted by atomic mass is 10.1. The first-order valence-corrected chi connectivity index (χ1v) is 7.97. The Balaban J connectivity index is 2.69. The third kappa shape index (κ3) is 3.40. The van der Waals surface area contributed by atoms with Gasteiger partial charge in [-0.2, -0.15) is 11.8 Å². The molecule has 1 saturated heterocycles. The van der Waals surface area contributed by atoms with Gasteiger partial charge in [0.15, 0.2) is 0 Å². The van der Waals surface area contributed by atoms with Crippen LogP contribution in [0.2, 0.25) is 0 Å². The molecule has 1 aliphatic rings. The fourth-order valence-corrected chi connectivity index (χ4v) is 3.04. The molecule has 0 aromatic carbocycles. The fraction of sp³-hybridized carbons (Fsp3) is 0.846. The second kappa shape index (κ2) is 7.02. The highest BCUT2D eigenvalue weighted by molar-refractivity contribution is 7.98. The van der Waals surface area contributed by atoms with E-state index in [9.17, 15) is 9.59 Å². The standard InChI is InChI=1S/C13H24N2O2S/c1-5-11(15-8-6-7-12(15)16)13(17)14(3)10(2)9-18-4/h10-11H,5-9H2,1-4H3/t10-,11+/m1/s1. The number of nitrogens with zero attached hydrogens (tertiary/aromatic N) is 2. The van der Waals surface area contributed by atoms with E-state index in [4.69, 9.17) is 0 Å². The number of hydrogen-bond acceptors (Lipinski definition) is 3. The normalized spacial score (nSPS) is 18.9. The largest absolute Gasteiger partial charge is 0.340 e. The maximum absolute atomic E-state index is 12.4. The molecule has 0 aromatic rings. The summed E-state index contributed by atoms with van der Waals surface area (Å²) in [6.07, 6.45) is 4.21. The lowest BCUT2D eigenvalue weighted by molar-refractivity contribution is -0.143. The molecule has 2 atom stereocenters. The molecule has 4 nitrogen and oxygen atoms in total. The van der Waals surface area contributed by atoms with Gasteiger partial charge < -0.3 is 9.80 Å². The molecule has 5 heteroatoms. The van der Waals surface area contributed by atoms with E-state index in [1.54, 1.807) is 21.6 Å². The van der Waals surface area contributed by atoms with Crippen LogP contribution in [0.1, 0.15) is 33.1 Å². The van der Waals surface area contributed by atoms with Crippen LogP contribution in [0.4, 0.5) is 0 Å². The summed E-state index contributed by atoms with van der Waals surface area (Å²) in [5.41, 5.74) is 0. The number of hydrogen-bond donors (Lipinski definition) is 0. The van der Waals surface area contributed by atoms with Crippen molar-refractivity contribution in [3.63, 3.8) is 0 Å². The van der Waals surface area contributed by atoms with Gasteiger partial charge in [-0.1, -0.05) is 6.92 Å². The summed E-state index contributed by atoms with van der Waals surface area (Å²) >= 11 is 1.73. The van der Waals surface area contributed by atoms with E-state index in [1.165, 1.54) is 0 Å². The van der Waals surface area contributed by atoms with Gasteiger partial charge >= 0.3 is 0 Å². The summed E-state index contributed by atoms with van der Waals surface area (Å²) in [7, 11) is 1.84. The zero-order valence-electron chi connectivity index (χ0n) is 11.8. The first-order chi connectivity index (χ1) is 8.52. The van der Waals surface area contributed by atoms with Gasteiger partial charge in [-0.05, 0) is 26.0 Å². The lowest BCUT2D eigenvalue weighted by Gasteiger charge is -2.32. The van der Waals surface area contributed by atoms with E-state index in [0.29, 0.717) is 12.8 Å². The van der Waals surface area contributed by atoms with E-state index in [2.05, 4.69) is 0 Å². The molecule has 0 unspecified atom stereocenters. The summed E-state index contributed by atoms with van der Waals surface area (Å²) in [4.78, 5) is 27.7. The van der Waals surface area contributed by atoms with Crippen molar-refractivity contribution in [2.75, 3.05) is 25.6 Å². The van der Waals surface area contributed by atoms with Crippen molar-refractivity contribution >= 4 is 23.6 Å². The smallest absolute Gasteiger partial charge is 0.245 e. The predicted octanol–water partition coefficient (Wildman–Crippen LogP) is 1.60. The molecule has 0 aromatic heterocycles. The number of carbonyl (C=O) groups is 2. The minimum absolute atomic E-state index is 0.0781. The minimum atomic E-state index is -0.269. The Hall–Kier alpha value is -0.710. The molecule has 18 heavy (non-hydrogen) atoms. The maximum Gasteiger partial charge on any atom is 0.245 e. The van der Waals surface area contributed by atoms with Crippen LogP contribution in [0.25, 0.3) is 0 Å². The Bertz CT molecular complexity index is 309. The van der Waals surface area contributed by atoms with E-state index in [1.807, 2.05) is 27.2 Å². The Kier molecular flexibility index (Phi) is 5.99. The zero-order valence-corrected chi connectivity index (χ0v) is 12.6. The van der Waals surface area contributed by atoms with Crippen LogP contribution >= 0.6 is 11.8 Å². The summed E-state index contributed by atoms with van der Waals surface area (Å²) in [5, 5.41) is 0. The van der Waals surface area contributed by atoms with Gasteiger partial charge in [0.1, 0.15) is 6.04 Å². The SMILES string of the molecule is CC[C@@H](C(=O)N(C)[C@H](C)CSC)N1CCCC1=O. The topological polar surface area (TPSA) is 40.6 Å². The predicted molar refractivity (Wildman–Crippen MR) is 75.6 cm³/mol. The second-order valence-corrected chi connectivity index (χ2v) is 5.78. The van der Waals surface area contributed by atoms with Gasteiger partial charge in [-0.15, -0.1) is 0 Å². The van der Waals surface area contributed by atoms with Gasteiger partial charge in [-0.25, -0.2) is 0 Å². The summed E-state index contributed by atoms with van der Waals surface area (Å²) in [6.45, 7) is 4.75. The van der Waals surface area contributed by atoms with Crippen molar-refractivity contribution < 1.29 is 9.59 Å². The van der Waals surface area contributed by atoms with Gasteiger partial charge in [0, 0.05) is 31.8 Å². The lowest BCUT2D eigenvalue weighted by Crippen LogP contribution is -2.50. The Morgan fingerprint density at radius 1 is 1.56 bits per heavy atom. The highest BCUT2D eigenvalue weighted by Crippen LogP contribution is 2.18. The van der Waals surface area contributed by atoms with E-state index < -0.39 is 0 Å². The zero-order chi connectivity index (χ0) is 13.7. The van der Waals surface area contributed by atoms with E-state index in [-0.39, 0.29) is 23.9 Å². The number of amides is 2. The van der Waals surface area contributed by atoms with Crippen molar-refractivity contribution in [2.24, 2.45) is 0 Å². The van der Waals surface area contributed by atoms with Crippen molar-refractivity contribution in [3.8, 4) is 0 Å². The number of likely N-dealkylation sites (N-methyl/N-ethyl adjacent to an activating group) is 1. The van der Waals surface area contributed by atoms with Gasteiger partial charge in [0.25, 0.3) is 0 Å². The summed E-state index contributed by atoms with van der Waals surface area (Å²) in [6, 6.07) is -0.0615. The molecule has 0 saturated carbocycles. The first-order valence-electron chi connectivity index (χ1n) is 6.58. The molecule has 0 radical (unpaired) electrons. The summed E-state index contributed by atoms with van der Waals surface area (Å²) < 4.78 is 0. The van der Waals surface area contributed by atoms with Gasteiger partial charge in [-0.3, -0.25) is 9.59 Å². The Labute approximate surface area is 114 Å². The number of thioether (sulfide) groups is 1. The maximum atomic E-state index is 12.4. The molecule has 0 bridgehead atoms. The van der Waals surface area contributed by atoms with Crippen LogP contribution in [0.3, 0.4) is 0 Å². The number of carbonyl (C=O) groups excluding carboxylic acids is 2. The van der Waals surface area contributed by atoms with Crippen molar-refractivity contribution in [1.29, 1.82) is 0 Å². The third-order valence-corrected chi connectivity index (χ3v) is 4.39. The molecule has 1 aliphatic heterocycles. The monoisotopic (exact) mass is 272 g/mol. The Morgan fingerprint density at radius 2 is 2.22 bits per heavy atom. The minimum Gasteiger partial charge on any atom is -0.340 e. The average molecular weight is 272 g/mol. The average Bonchev–Trinajstić information content (AvgIpc) is 2.76. The highest BCUT2D eigenvalue weighted by Gasteiger charge is 2.33. The summed E-state index contributed by atoms with van der Waals surface area (Å²) in [5.74, 6) is 1.13. The van der Waals surface area contributed by atoms with Crippen LogP contribution in [0, 0.1) is 0 Å². The first kappa shape index (κ1) is 15.3. The van der Waals surface area contributed by atoms with Crippen molar-refractivity contribution in [2.45, 2.75) is 45.2 Å². The van der Waals surface area contributed by atoms with Gasteiger partial charge in [0.2, 0.25) is 11.8 Å². The molecule has 1 heterocycles. The molecular weight excluding hydrogens is 248 g/mol. The van der Waals surface area contributed by atoms with Crippen LogP contribution in [-0.2, 0) is 9.59 Å². The van der Waals surface area contributed by atoms with Crippen LogP contribution in [0.5, 0.6) is 0 Å². The van der Waals surface area contributed by atoms with Crippen LogP contribution in [-0.4, -0.2) is 59.3 Å². The molecule has 0 aliphatic carbocycles. The Morgan fingerprint density at radius 3 is 2.67 bits per heavy atom. The molecule has 2 amide bonds. The number of likely N-dealkylation sites (tertiary alicyclic amines) is 1. The van der Waals surface area contributed by atoms with Crippen molar-refractivity contribution in [1.82, 2.24) is 9.80 Å². The second-order valence-electron chi connectivity index (χ2n) is 4.87. The van der Waals surface area contributed by atoms with E-state index in [0.717, 1.165) is 18.7 Å². The highest BCUT2D eigenvalue weighted by atomic mass is 32.2. The van der Waals surface area contributed by atoms with Crippen LogP contribution < -0.4 is 0 Å². The molecule has 1 rings (SSSR count). The van der Waals surface area contributed by atoms with Crippen molar-refractivity contribution in [3.05, 3.63) is 0 Å². The third-order valence-electron chi connectivity index (χ3n) is 3.57. The quantitative estimate of drug-likeness (QED) is 0.737. The molecule has 0 spiro atoms. The number of rotatable bonds is 6. The molecule has 1 fully saturated rings. The van der Waals surface area contributed by atoms with E-state index >= 15 is 0 Å². The van der Waals surface area contributed by atoms with Crippen LogP contribution in [0.15, 0.2) is 0 Å². The van der Waals surface area contributed by atoms with Gasteiger partial charge in [0.05, 0.1) is 0 Å². The fourth-order valence-electron chi connectivity index (χ4n) is 2.33. The molecule has 104 valence electrons. The molecular formula is C13H24N2O2S. The molecule has 0 N–H and O–H groups in total.